The number of hydrogen-bond acceptors (Lipinski definition) is 3. The largest absolute Gasteiger partial charge is 0.642 e. The highest BCUT2D eigenvalue weighted by molar-refractivity contribution is 7.36. The van der Waals surface area contributed by atoms with Gasteiger partial charge in [-0.2, -0.15) is 0 Å². The Hall–Kier alpha value is 0.805. The second-order valence-electron chi connectivity index (χ2n) is 10.1. The van der Waals surface area contributed by atoms with Crippen molar-refractivity contribution in [1.82, 2.24) is 0 Å². The van der Waals surface area contributed by atoms with E-state index in [1.807, 2.05) is 0 Å². The van der Waals surface area contributed by atoms with Crippen molar-refractivity contribution >= 4 is 24.9 Å². The van der Waals surface area contributed by atoms with Gasteiger partial charge in [0, 0.05) is 17.6 Å². The summed E-state index contributed by atoms with van der Waals surface area (Å²) in [5.74, 6) is 0. The summed E-state index contributed by atoms with van der Waals surface area (Å²) < 4.78 is 10.8. The Labute approximate surface area is 219 Å². The molecule has 0 aliphatic carbocycles. The summed E-state index contributed by atoms with van der Waals surface area (Å²) in [5.41, 5.74) is 0. The van der Waals surface area contributed by atoms with Crippen LogP contribution in [0.4, 0.5) is 0 Å². The molecule has 1 N–H and O–H groups in total. The van der Waals surface area contributed by atoms with Gasteiger partial charge in [-0.3, -0.25) is 0 Å². The lowest BCUT2D eigenvalue weighted by Crippen LogP contribution is -2.14. The van der Waals surface area contributed by atoms with Crippen molar-refractivity contribution in [3.8, 4) is 0 Å². The van der Waals surface area contributed by atoms with Gasteiger partial charge in [-0.05, 0) is 25.2 Å². The molecule has 0 bridgehead atoms. The molecule has 0 rings (SSSR count). The van der Waals surface area contributed by atoms with Gasteiger partial charge < -0.3 is 13.9 Å². The molecule has 2 atom stereocenters. The van der Waals surface area contributed by atoms with E-state index in [4.69, 9.17) is 8.88 Å². The van der Waals surface area contributed by atoms with Crippen LogP contribution in [0.25, 0.3) is 0 Å². The van der Waals surface area contributed by atoms with Crippen molar-refractivity contribution < 1.29 is 13.9 Å². The summed E-state index contributed by atoms with van der Waals surface area (Å²) in [6.07, 6.45) is 35.2. The fraction of sp³-hybridized carbons (Fsp3) is 1.00. The fourth-order valence-electron chi connectivity index (χ4n) is 4.36. The van der Waals surface area contributed by atoms with Crippen molar-refractivity contribution in [1.29, 1.82) is 0 Å². The molecule has 0 heterocycles. The summed E-state index contributed by atoms with van der Waals surface area (Å²) in [6.45, 7) is 4.56. The molecule has 0 aromatic heterocycles. The van der Waals surface area contributed by atoms with Crippen molar-refractivity contribution in [2.45, 2.75) is 168 Å². The molecular formula is C28H61BO3P2. The highest BCUT2D eigenvalue weighted by Gasteiger charge is 2.14. The van der Waals surface area contributed by atoms with Crippen molar-refractivity contribution in [3.63, 3.8) is 0 Å². The van der Waals surface area contributed by atoms with E-state index in [2.05, 4.69) is 13.8 Å². The first kappa shape index (κ1) is 34.8. The van der Waals surface area contributed by atoms with E-state index < -0.39 is 7.32 Å². The van der Waals surface area contributed by atoms with Gasteiger partial charge in [-0.1, -0.05) is 155 Å². The molecule has 0 spiro atoms. The van der Waals surface area contributed by atoms with E-state index >= 15 is 0 Å². The van der Waals surface area contributed by atoms with Gasteiger partial charge in [0.2, 0.25) is 0 Å². The molecule has 0 aromatic rings. The van der Waals surface area contributed by atoms with Gasteiger partial charge in [-0.25, -0.2) is 0 Å². The van der Waals surface area contributed by atoms with Crippen LogP contribution in [0, 0.1) is 0 Å². The maximum Gasteiger partial charge on any atom is 0.642 e. The van der Waals surface area contributed by atoms with E-state index in [-0.39, 0.29) is 0 Å². The Morgan fingerprint density at radius 3 is 0.912 bits per heavy atom. The predicted octanol–water partition coefficient (Wildman–Crippen LogP) is 10.6. The lowest BCUT2D eigenvalue weighted by atomic mass is 10.1. The minimum Gasteiger partial charge on any atom is -0.401 e. The summed E-state index contributed by atoms with van der Waals surface area (Å²) in [5, 5.41) is 9.80. The highest BCUT2D eigenvalue weighted by Crippen LogP contribution is 2.22. The SMILES string of the molecule is CCCCCCCCCCCCCCPOB(O)OPCCCCCCCCCCCCCC. The topological polar surface area (TPSA) is 38.7 Å². The Bertz CT molecular complexity index is 333. The normalized spacial score (nSPS) is 12.1. The van der Waals surface area contributed by atoms with Gasteiger partial charge >= 0.3 is 7.32 Å². The first-order valence-electron chi connectivity index (χ1n) is 15.3. The standard InChI is InChI=1S/C28H61BO3P2/c1-3-5-7-9-11-13-15-17-19-21-23-25-27-33-31-29(30)32-34-28-26-24-22-20-18-16-14-12-10-8-6-4-2/h30,33-34H,3-28H2,1-2H3. The molecule has 0 aliphatic heterocycles. The van der Waals surface area contributed by atoms with E-state index in [1.165, 1.54) is 154 Å². The van der Waals surface area contributed by atoms with Gasteiger partial charge in [0.1, 0.15) is 0 Å². The number of rotatable bonds is 30. The van der Waals surface area contributed by atoms with Crippen molar-refractivity contribution in [2.24, 2.45) is 0 Å². The van der Waals surface area contributed by atoms with E-state index in [0.29, 0.717) is 17.6 Å². The van der Waals surface area contributed by atoms with Crippen molar-refractivity contribution in [2.75, 3.05) is 12.3 Å². The maximum atomic E-state index is 9.80. The van der Waals surface area contributed by atoms with Crippen LogP contribution in [-0.4, -0.2) is 24.7 Å². The van der Waals surface area contributed by atoms with Crippen LogP contribution in [0.5, 0.6) is 0 Å². The summed E-state index contributed by atoms with van der Waals surface area (Å²) >= 11 is 0. The lowest BCUT2D eigenvalue weighted by molar-refractivity contribution is 0.332. The summed E-state index contributed by atoms with van der Waals surface area (Å²) in [4.78, 5) is 0. The number of unbranched alkanes of at least 4 members (excludes halogenated alkanes) is 22. The smallest absolute Gasteiger partial charge is 0.401 e. The van der Waals surface area contributed by atoms with Crippen LogP contribution in [0.1, 0.15) is 168 Å². The second-order valence-corrected chi connectivity index (χ2v) is 12.2. The van der Waals surface area contributed by atoms with Crippen LogP contribution < -0.4 is 0 Å². The molecular weight excluding hydrogens is 457 g/mol. The maximum absolute atomic E-state index is 9.80. The summed E-state index contributed by atoms with van der Waals surface area (Å²) in [7, 11) is -0.279. The predicted molar refractivity (Wildman–Crippen MR) is 159 cm³/mol. The average molecular weight is 519 g/mol. The third-order valence-electron chi connectivity index (χ3n) is 6.63. The minimum absolute atomic E-state index is 0.365. The third-order valence-corrected chi connectivity index (χ3v) is 8.49. The molecule has 204 valence electrons. The quantitative estimate of drug-likeness (QED) is 0.0584. The zero-order valence-corrected chi connectivity index (χ0v) is 25.2. The zero-order chi connectivity index (χ0) is 24.8. The summed E-state index contributed by atoms with van der Waals surface area (Å²) in [6, 6.07) is 0. The lowest BCUT2D eigenvalue weighted by Gasteiger charge is -2.08. The Balaban J connectivity index is 3.13. The molecule has 0 saturated heterocycles. The van der Waals surface area contributed by atoms with Gasteiger partial charge in [0.05, 0.1) is 0 Å². The van der Waals surface area contributed by atoms with Crippen LogP contribution in [0.15, 0.2) is 0 Å². The molecule has 0 aliphatic rings. The first-order valence-corrected chi connectivity index (χ1v) is 17.5. The van der Waals surface area contributed by atoms with Crippen molar-refractivity contribution in [3.05, 3.63) is 0 Å². The first-order chi connectivity index (χ1) is 16.8. The molecule has 34 heavy (non-hydrogen) atoms. The molecule has 3 nitrogen and oxygen atoms in total. The van der Waals surface area contributed by atoms with Gasteiger partial charge in [0.15, 0.2) is 0 Å². The molecule has 0 saturated carbocycles. The van der Waals surface area contributed by atoms with Crippen LogP contribution in [0.2, 0.25) is 0 Å². The Morgan fingerprint density at radius 2 is 0.647 bits per heavy atom. The van der Waals surface area contributed by atoms with E-state index in [1.54, 1.807) is 0 Å². The van der Waals surface area contributed by atoms with E-state index in [0.717, 1.165) is 12.3 Å². The molecule has 0 aromatic carbocycles. The van der Waals surface area contributed by atoms with Crippen LogP contribution >= 0.6 is 17.6 Å². The van der Waals surface area contributed by atoms with E-state index in [9.17, 15) is 5.02 Å². The monoisotopic (exact) mass is 518 g/mol. The molecule has 0 fully saturated rings. The number of hydrogen-bond donors (Lipinski definition) is 1. The molecule has 0 amide bonds. The van der Waals surface area contributed by atoms with Crippen LogP contribution in [0.3, 0.4) is 0 Å². The second kappa shape index (κ2) is 31.8. The molecule has 2 unspecified atom stereocenters. The molecule has 0 radical (unpaired) electrons. The average Bonchev–Trinajstić information content (AvgIpc) is 2.84. The van der Waals surface area contributed by atoms with Gasteiger partial charge in [-0.15, -0.1) is 0 Å². The zero-order valence-electron chi connectivity index (χ0n) is 23.2. The minimum atomic E-state index is -1.01. The van der Waals surface area contributed by atoms with Gasteiger partial charge in [0.25, 0.3) is 0 Å². The fourth-order valence-corrected chi connectivity index (χ4v) is 5.86. The Morgan fingerprint density at radius 1 is 0.412 bits per heavy atom. The third kappa shape index (κ3) is 30.8. The highest BCUT2D eigenvalue weighted by atomic mass is 31.1. The van der Waals surface area contributed by atoms with Crippen LogP contribution in [-0.2, 0) is 8.88 Å². The molecule has 6 heteroatoms. The Kier molecular flexibility index (Phi) is 32.6.